The van der Waals surface area contributed by atoms with Gasteiger partial charge in [0.2, 0.25) is 0 Å². The molecule has 0 unspecified atom stereocenters. The van der Waals surface area contributed by atoms with Gasteiger partial charge in [0.05, 0.1) is 0 Å². The maximum absolute atomic E-state index is 9.17. The molecule has 2 aromatic rings. The first kappa shape index (κ1) is 10.6. The van der Waals surface area contributed by atoms with Crippen LogP contribution in [0.5, 0.6) is 0 Å². The average molecular weight is 228 g/mol. The second kappa shape index (κ2) is 3.76. The van der Waals surface area contributed by atoms with Crippen molar-refractivity contribution in [2.45, 2.75) is 13.3 Å². The van der Waals surface area contributed by atoms with E-state index in [0.29, 0.717) is 11.4 Å². The van der Waals surface area contributed by atoms with E-state index in [4.69, 9.17) is 4.42 Å². The number of furan rings is 1. The molecule has 0 saturated heterocycles. The van der Waals surface area contributed by atoms with Gasteiger partial charge in [-0.1, -0.05) is 25.1 Å². The van der Waals surface area contributed by atoms with E-state index in [1.54, 1.807) is 18.2 Å². The van der Waals surface area contributed by atoms with E-state index in [1.165, 1.54) is 0 Å². The molecule has 3 rings (SSSR count). The lowest BCUT2D eigenvalue weighted by molar-refractivity contribution is 0.426. The molecular formula is C13H13BO3. The fraction of sp³-hybridized carbons (Fsp3) is 0.231. The summed E-state index contributed by atoms with van der Waals surface area (Å²) in [5.41, 5.74) is 2.18. The summed E-state index contributed by atoms with van der Waals surface area (Å²) in [5, 5.41) is 20.4. The van der Waals surface area contributed by atoms with E-state index in [9.17, 15) is 10.0 Å². The molecule has 1 aliphatic rings. The minimum Gasteiger partial charge on any atom is -0.456 e. The van der Waals surface area contributed by atoms with Crippen molar-refractivity contribution in [1.29, 1.82) is 0 Å². The highest BCUT2D eigenvalue weighted by molar-refractivity contribution is 6.58. The first-order valence-corrected chi connectivity index (χ1v) is 5.76. The molecule has 0 amide bonds. The van der Waals surface area contributed by atoms with Crippen molar-refractivity contribution in [1.82, 2.24) is 0 Å². The second-order valence-electron chi connectivity index (χ2n) is 4.59. The van der Waals surface area contributed by atoms with Gasteiger partial charge >= 0.3 is 7.12 Å². The maximum atomic E-state index is 9.17. The van der Waals surface area contributed by atoms with E-state index in [-0.39, 0.29) is 0 Å². The Morgan fingerprint density at radius 1 is 1.35 bits per heavy atom. The van der Waals surface area contributed by atoms with E-state index < -0.39 is 7.12 Å². The van der Waals surface area contributed by atoms with Gasteiger partial charge in [-0.2, -0.15) is 0 Å². The Morgan fingerprint density at radius 3 is 2.94 bits per heavy atom. The predicted molar refractivity (Wildman–Crippen MR) is 68.0 cm³/mol. The van der Waals surface area contributed by atoms with Crippen LogP contribution in [0.1, 0.15) is 13.3 Å². The van der Waals surface area contributed by atoms with Gasteiger partial charge in [0.1, 0.15) is 11.0 Å². The average Bonchev–Trinajstić information content (AvgIpc) is 2.64. The molecule has 0 spiro atoms. The summed E-state index contributed by atoms with van der Waals surface area (Å²) in [5.74, 6) is 0.492. The summed E-state index contributed by atoms with van der Waals surface area (Å²) in [7, 11) is -1.43. The second-order valence-corrected chi connectivity index (χ2v) is 4.59. The Morgan fingerprint density at radius 2 is 2.18 bits per heavy atom. The predicted octanol–water partition coefficient (Wildman–Crippen LogP) is -0.287. The molecule has 0 radical (unpaired) electrons. The molecule has 4 heteroatoms. The quantitative estimate of drug-likeness (QED) is 0.659. The van der Waals surface area contributed by atoms with Crippen LogP contribution in [0.4, 0.5) is 0 Å². The molecule has 1 atom stereocenters. The lowest BCUT2D eigenvalue weighted by atomic mass is 9.80. The van der Waals surface area contributed by atoms with Gasteiger partial charge in [-0.25, -0.2) is 0 Å². The lowest BCUT2D eigenvalue weighted by Crippen LogP contribution is -2.30. The largest absolute Gasteiger partial charge is 0.488 e. The topological polar surface area (TPSA) is 53.6 Å². The highest BCUT2D eigenvalue weighted by Gasteiger charge is 2.14. The van der Waals surface area contributed by atoms with Crippen LogP contribution in [0.2, 0.25) is 0 Å². The first-order valence-electron chi connectivity index (χ1n) is 5.76. The third kappa shape index (κ3) is 1.70. The van der Waals surface area contributed by atoms with Gasteiger partial charge in [-0.3, -0.25) is 0 Å². The number of rotatable bonds is 1. The molecule has 2 N–H and O–H groups in total. The number of hydrogen-bond acceptors (Lipinski definition) is 3. The Bertz CT molecular complexity index is 684. The molecule has 0 fully saturated rings. The Balaban J connectivity index is 2.35. The zero-order valence-electron chi connectivity index (χ0n) is 9.55. The summed E-state index contributed by atoms with van der Waals surface area (Å²) >= 11 is 0. The molecule has 1 aliphatic carbocycles. The van der Waals surface area contributed by atoms with Gasteiger partial charge in [0.25, 0.3) is 0 Å². The van der Waals surface area contributed by atoms with Crippen LogP contribution >= 0.6 is 0 Å². The molecule has 1 aromatic heterocycles. The van der Waals surface area contributed by atoms with Gasteiger partial charge in [-0.15, -0.1) is 0 Å². The van der Waals surface area contributed by atoms with Crippen LogP contribution in [0.25, 0.3) is 23.1 Å². The Labute approximate surface area is 98.8 Å². The third-order valence-corrected chi connectivity index (χ3v) is 3.21. The molecule has 86 valence electrons. The lowest BCUT2D eigenvalue weighted by Gasteiger charge is -2.03. The minimum atomic E-state index is -1.43. The molecule has 1 aromatic carbocycles. The molecule has 0 saturated carbocycles. The SMILES string of the molecule is C[C@H]1C=c2oc3ccc(B(O)O)cc3c2=CC1. The third-order valence-electron chi connectivity index (χ3n) is 3.21. The van der Waals surface area contributed by atoms with Crippen molar-refractivity contribution < 1.29 is 14.5 Å². The highest BCUT2D eigenvalue weighted by Crippen LogP contribution is 2.12. The fourth-order valence-corrected chi connectivity index (χ4v) is 2.28. The fourth-order valence-electron chi connectivity index (χ4n) is 2.28. The molecule has 1 heterocycles. The highest BCUT2D eigenvalue weighted by atomic mass is 16.4. The molecule has 3 nitrogen and oxygen atoms in total. The number of fused-ring (bicyclic) bond motifs is 3. The summed E-state index contributed by atoms with van der Waals surface area (Å²) in [4.78, 5) is 0. The van der Waals surface area contributed by atoms with E-state index >= 15 is 0 Å². The van der Waals surface area contributed by atoms with Crippen molar-refractivity contribution in [3.05, 3.63) is 28.8 Å². The van der Waals surface area contributed by atoms with Crippen molar-refractivity contribution in [2.24, 2.45) is 5.92 Å². The Kier molecular flexibility index (Phi) is 2.35. The van der Waals surface area contributed by atoms with Crippen molar-refractivity contribution >= 4 is 35.7 Å². The van der Waals surface area contributed by atoms with Crippen LogP contribution in [-0.2, 0) is 0 Å². The van der Waals surface area contributed by atoms with Crippen LogP contribution < -0.4 is 16.1 Å². The van der Waals surface area contributed by atoms with Crippen molar-refractivity contribution in [3.63, 3.8) is 0 Å². The van der Waals surface area contributed by atoms with Crippen molar-refractivity contribution in [3.8, 4) is 0 Å². The zero-order chi connectivity index (χ0) is 12.0. The summed E-state index contributed by atoms with van der Waals surface area (Å²) in [6, 6.07) is 5.24. The first-order chi connectivity index (χ1) is 8.15. The van der Waals surface area contributed by atoms with Gasteiger partial charge in [0, 0.05) is 10.6 Å². The smallest absolute Gasteiger partial charge is 0.456 e. The van der Waals surface area contributed by atoms with Gasteiger partial charge < -0.3 is 14.5 Å². The summed E-state index contributed by atoms with van der Waals surface area (Å²) in [6.45, 7) is 2.15. The van der Waals surface area contributed by atoms with Crippen LogP contribution in [-0.4, -0.2) is 17.2 Å². The number of benzene rings is 1. The minimum absolute atomic E-state index is 0.492. The Hall–Kier alpha value is -1.52. The van der Waals surface area contributed by atoms with Crippen LogP contribution in [0.15, 0.2) is 22.6 Å². The van der Waals surface area contributed by atoms with E-state index in [2.05, 4.69) is 19.1 Å². The normalized spacial score (nSPS) is 18.4. The molecule has 0 bridgehead atoms. The summed E-state index contributed by atoms with van der Waals surface area (Å²) in [6.07, 6.45) is 5.26. The van der Waals surface area contributed by atoms with Gasteiger partial charge in [0.15, 0.2) is 0 Å². The molecule has 17 heavy (non-hydrogen) atoms. The number of hydrogen-bond donors (Lipinski definition) is 2. The van der Waals surface area contributed by atoms with E-state index in [0.717, 1.165) is 28.0 Å². The van der Waals surface area contributed by atoms with Crippen LogP contribution in [0.3, 0.4) is 0 Å². The van der Waals surface area contributed by atoms with Gasteiger partial charge in [-0.05, 0) is 29.9 Å². The standard InChI is InChI=1S/C13H13BO3/c1-8-2-4-10-11-7-9(14(15)16)3-5-12(11)17-13(10)6-8/h3-8,15-16H,2H2,1H3/t8-/m1/s1. The summed E-state index contributed by atoms with van der Waals surface area (Å²) < 4.78 is 5.75. The maximum Gasteiger partial charge on any atom is 0.488 e. The molecular weight excluding hydrogens is 215 g/mol. The van der Waals surface area contributed by atoms with Crippen LogP contribution in [0, 0.1) is 5.92 Å². The molecule has 0 aliphatic heterocycles. The monoisotopic (exact) mass is 228 g/mol. The zero-order valence-corrected chi connectivity index (χ0v) is 9.55. The van der Waals surface area contributed by atoms with Crippen molar-refractivity contribution in [2.75, 3.05) is 0 Å². The van der Waals surface area contributed by atoms with E-state index in [1.807, 2.05) is 0 Å².